The number of hydrogen-bond acceptors (Lipinski definition) is 3. The van der Waals surface area contributed by atoms with Gasteiger partial charge in [0.25, 0.3) is 0 Å². The minimum atomic E-state index is 0.496. The van der Waals surface area contributed by atoms with E-state index in [1.807, 2.05) is 36.5 Å². The van der Waals surface area contributed by atoms with Crippen LogP contribution in [0, 0.1) is 0 Å². The lowest BCUT2D eigenvalue weighted by Gasteiger charge is -2.01. The fourth-order valence-corrected chi connectivity index (χ4v) is 2.02. The average Bonchev–Trinajstić information content (AvgIpc) is 2.31. The van der Waals surface area contributed by atoms with Gasteiger partial charge < -0.3 is 5.73 Å². The topological polar surface area (TPSA) is 38.9 Å². The standard InChI is InChI=1S/C12H12N2S/c13-8-10-6-7-12(9-14-10)15-11-4-2-1-3-5-11/h1-7,9H,8,13H2. The minimum absolute atomic E-state index is 0.496. The van der Waals surface area contributed by atoms with Crippen LogP contribution in [0.15, 0.2) is 58.5 Å². The van der Waals surface area contributed by atoms with E-state index in [2.05, 4.69) is 17.1 Å². The van der Waals surface area contributed by atoms with Gasteiger partial charge in [0.15, 0.2) is 0 Å². The highest BCUT2D eigenvalue weighted by atomic mass is 32.2. The van der Waals surface area contributed by atoms with Gasteiger partial charge in [-0.05, 0) is 24.3 Å². The molecule has 15 heavy (non-hydrogen) atoms. The molecule has 2 nitrogen and oxygen atoms in total. The summed E-state index contributed by atoms with van der Waals surface area (Å²) in [6.07, 6.45) is 1.86. The molecule has 1 aromatic carbocycles. The van der Waals surface area contributed by atoms with Crippen LogP contribution in [-0.2, 0) is 6.54 Å². The summed E-state index contributed by atoms with van der Waals surface area (Å²) in [5.41, 5.74) is 6.41. The Kier molecular flexibility index (Phi) is 3.37. The van der Waals surface area contributed by atoms with Crippen molar-refractivity contribution in [2.75, 3.05) is 0 Å². The summed E-state index contributed by atoms with van der Waals surface area (Å²) in [6.45, 7) is 0.496. The van der Waals surface area contributed by atoms with E-state index in [4.69, 9.17) is 5.73 Å². The average molecular weight is 216 g/mol. The molecule has 0 radical (unpaired) electrons. The summed E-state index contributed by atoms with van der Waals surface area (Å²) >= 11 is 1.70. The van der Waals surface area contributed by atoms with Crippen LogP contribution in [0.2, 0.25) is 0 Å². The van der Waals surface area contributed by atoms with Crippen molar-refractivity contribution in [2.45, 2.75) is 16.3 Å². The van der Waals surface area contributed by atoms with Gasteiger partial charge in [0.05, 0.1) is 5.69 Å². The highest BCUT2D eigenvalue weighted by molar-refractivity contribution is 7.99. The van der Waals surface area contributed by atoms with Gasteiger partial charge in [0.2, 0.25) is 0 Å². The third kappa shape index (κ3) is 2.81. The van der Waals surface area contributed by atoms with E-state index < -0.39 is 0 Å². The molecule has 0 saturated heterocycles. The van der Waals surface area contributed by atoms with E-state index in [9.17, 15) is 0 Å². The van der Waals surface area contributed by atoms with Gasteiger partial charge in [-0.25, -0.2) is 0 Å². The van der Waals surface area contributed by atoms with Gasteiger partial charge >= 0.3 is 0 Å². The van der Waals surface area contributed by atoms with Crippen molar-refractivity contribution >= 4 is 11.8 Å². The number of benzene rings is 1. The van der Waals surface area contributed by atoms with Crippen LogP contribution in [0.1, 0.15) is 5.69 Å². The molecule has 76 valence electrons. The van der Waals surface area contributed by atoms with Crippen LogP contribution >= 0.6 is 11.8 Å². The molecule has 0 atom stereocenters. The minimum Gasteiger partial charge on any atom is -0.325 e. The Morgan fingerprint density at radius 3 is 2.40 bits per heavy atom. The first-order chi connectivity index (χ1) is 7.38. The molecule has 1 heterocycles. The monoisotopic (exact) mass is 216 g/mol. The Bertz CT molecular complexity index is 411. The molecule has 0 spiro atoms. The van der Waals surface area contributed by atoms with Crippen molar-refractivity contribution in [3.05, 3.63) is 54.4 Å². The molecule has 2 aromatic rings. The summed E-state index contributed by atoms with van der Waals surface area (Å²) in [7, 11) is 0. The van der Waals surface area contributed by atoms with Gasteiger partial charge in [-0.15, -0.1) is 0 Å². The number of rotatable bonds is 3. The summed E-state index contributed by atoms with van der Waals surface area (Å²) in [5.74, 6) is 0. The molecular formula is C12H12N2S. The number of aromatic nitrogens is 1. The zero-order chi connectivity index (χ0) is 10.5. The summed E-state index contributed by atoms with van der Waals surface area (Å²) in [6, 6.07) is 14.3. The first-order valence-corrected chi connectivity index (χ1v) is 5.58. The Morgan fingerprint density at radius 2 is 1.80 bits per heavy atom. The maximum absolute atomic E-state index is 5.48. The fourth-order valence-electron chi connectivity index (χ4n) is 1.22. The summed E-state index contributed by atoms with van der Waals surface area (Å²) in [4.78, 5) is 6.61. The Morgan fingerprint density at radius 1 is 1.00 bits per heavy atom. The van der Waals surface area contributed by atoms with E-state index in [1.165, 1.54) is 4.90 Å². The van der Waals surface area contributed by atoms with Crippen LogP contribution in [0.4, 0.5) is 0 Å². The molecular weight excluding hydrogens is 204 g/mol. The second-order valence-corrected chi connectivity index (χ2v) is 4.25. The van der Waals surface area contributed by atoms with Crippen molar-refractivity contribution in [2.24, 2.45) is 5.73 Å². The van der Waals surface area contributed by atoms with E-state index in [1.54, 1.807) is 11.8 Å². The van der Waals surface area contributed by atoms with Crippen molar-refractivity contribution < 1.29 is 0 Å². The maximum atomic E-state index is 5.48. The van der Waals surface area contributed by atoms with Gasteiger partial charge in [0.1, 0.15) is 0 Å². The second kappa shape index (κ2) is 4.96. The molecule has 1 aromatic heterocycles. The van der Waals surface area contributed by atoms with Crippen LogP contribution in [0.3, 0.4) is 0 Å². The third-order valence-corrected chi connectivity index (χ3v) is 2.97. The highest BCUT2D eigenvalue weighted by Crippen LogP contribution is 2.26. The molecule has 0 aliphatic heterocycles. The van der Waals surface area contributed by atoms with Crippen LogP contribution in [-0.4, -0.2) is 4.98 Å². The molecule has 0 unspecified atom stereocenters. The molecule has 0 amide bonds. The smallest absolute Gasteiger partial charge is 0.0540 e. The highest BCUT2D eigenvalue weighted by Gasteiger charge is 1.97. The van der Waals surface area contributed by atoms with E-state index in [-0.39, 0.29) is 0 Å². The first kappa shape index (κ1) is 10.2. The van der Waals surface area contributed by atoms with Crippen LogP contribution in [0.25, 0.3) is 0 Å². The molecule has 0 aliphatic rings. The summed E-state index contributed by atoms with van der Waals surface area (Å²) < 4.78 is 0. The Hall–Kier alpha value is -1.32. The maximum Gasteiger partial charge on any atom is 0.0540 e. The molecule has 2 rings (SSSR count). The Labute approximate surface area is 93.5 Å². The van der Waals surface area contributed by atoms with Crippen molar-refractivity contribution in [3.8, 4) is 0 Å². The predicted molar refractivity (Wildman–Crippen MR) is 62.7 cm³/mol. The van der Waals surface area contributed by atoms with E-state index >= 15 is 0 Å². The van der Waals surface area contributed by atoms with E-state index in [0.29, 0.717) is 6.54 Å². The molecule has 0 bridgehead atoms. The first-order valence-electron chi connectivity index (χ1n) is 4.76. The van der Waals surface area contributed by atoms with Gasteiger partial charge in [0, 0.05) is 22.5 Å². The number of nitrogens with two attached hydrogens (primary N) is 1. The van der Waals surface area contributed by atoms with Crippen molar-refractivity contribution in [3.63, 3.8) is 0 Å². The quantitative estimate of drug-likeness (QED) is 0.857. The second-order valence-electron chi connectivity index (χ2n) is 3.10. The Balaban J connectivity index is 2.11. The van der Waals surface area contributed by atoms with Gasteiger partial charge in [-0.2, -0.15) is 0 Å². The zero-order valence-corrected chi connectivity index (χ0v) is 9.08. The normalized spacial score (nSPS) is 10.2. The number of nitrogens with zero attached hydrogens (tertiary/aromatic N) is 1. The van der Waals surface area contributed by atoms with Gasteiger partial charge in [-0.3, -0.25) is 4.98 Å². The van der Waals surface area contributed by atoms with Gasteiger partial charge in [-0.1, -0.05) is 30.0 Å². The molecule has 0 aliphatic carbocycles. The lowest BCUT2D eigenvalue weighted by molar-refractivity contribution is 0.977. The largest absolute Gasteiger partial charge is 0.325 e. The SMILES string of the molecule is NCc1ccc(Sc2ccccc2)cn1. The van der Waals surface area contributed by atoms with Crippen molar-refractivity contribution in [1.82, 2.24) is 4.98 Å². The molecule has 0 saturated carbocycles. The number of pyridine rings is 1. The lowest BCUT2D eigenvalue weighted by Crippen LogP contribution is -1.98. The summed E-state index contributed by atoms with van der Waals surface area (Å²) in [5, 5.41) is 0. The van der Waals surface area contributed by atoms with Crippen LogP contribution < -0.4 is 5.73 Å². The predicted octanol–water partition coefficient (Wildman–Crippen LogP) is 2.69. The van der Waals surface area contributed by atoms with Crippen molar-refractivity contribution in [1.29, 1.82) is 0 Å². The fraction of sp³-hybridized carbons (Fsp3) is 0.0833. The van der Waals surface area contributed by atoms with Crippen LogP contribution in [0.5, 0.6) is 0 Å². The zero-order valence-electron chi connectivity index (χ0n) is 8.26. The molecule has 0 fully saturated rings. The molecule has 2 N–H and O–H groups in total. The third-order valence-electron chi connectivity index (χ3n) is 1.99. The number of hydrogen-bond donors (Lipinski definition) is 1. The van der Waals surface area contributed by atoms with E-state index in [0.717, 1.165) is 10.6 Å². The molecule has 3 heteroatoms. The lowest BCUT2D eigenvalue weighted by atomic mass is 10.3.